The van der Waals surface area contributed by atoms with E-state index in [4.69, 9.17) is 17.3 Å². The van der Waals surface area contributed by atoms with Crippen LogP contribution in [0.3, 0.4) is 0 Å². The summed E-state index contributed by atoms with van der Waals surface area (Å²) < 4.78 is 1.49. The van der Waals surface area contributed by atoms with Crippen LogP contribution in [-0.2, 0) is 0 Å². The topological polar surface area (TPSA) is 89.9 Å². The number of hydrogen-bond acceptors (Lipinski definition) is 5. The van der Waals surface area contributed by atoms with E-state index in [1.54, 1.807) is 18.2 Å². The number of nitrogens with two attached hydrogens (primary N) is 1. The molecule has 2 heterocycles. The minimum atomic E-state index is -0.0522. The number of likely N-dealkylation sites (tertiary alicyclic amines) is 1. The van der Waals surface area contributed by atoms with E-state index in [1.807, 2.05) is 11.8 Å². The van der Waals surface area contributed by atoms with Gasteiger partial charge in [-0.2, -0.15) is 0 Å². The molecule has 1 aliphatic rings. The maximum absolute atomic E-state index is 12.7. The van der Waals surface area contributed by atoms with Gasteiger partial charge in [0.2, 0.25) is 0 Å². The summed E-state index contributed by atoms with van der Waals surface area (Å²) in [6, 6.07) is 5.28. The van der Waals surface area contributed by atoms with Crippen molar-refractivity contribution >= 4 is 17.5 Å². The Hall–Kier alpha value is -1.99. The Kier molecular flexibility index (Phi) is 4.58. The number of aromatic nitrogens is 4. The molecular formula is C15H19ClN6O. The van der Waals surface area contributed by atoms with Crippen molar-refractivity contribution in [2.24, 2.45) is 11.7 Å². The van der Waals surface area contributed by atoms with Crippen LogP contribution in [0.1, 0.15) is 30.1 Å². The Balaban J connectivity index is 1.80. The van der Waals surface area contributed by atoms with E-state index < -0.39 is 0 Å². The third-order valence-electron chi connectivity index (χ3n) is 4.29. The van der Waals surface area contributed by atoms with Crippen LogP contribution in [0.4, 0.5) is 0 Å². The predicted octanol–water partition coefficient (Wildman–Crippen LogP) is 1.52. The Bertz CT molecular complexity index is 687. The standard InChI is InChI=1S/C15H19ClN6O/c1-10(17)11-3-2-6-21(8-11)15(23)13-5-4-12(7-14(13)16)22-9-18-19-20-22/h4-5,7,9-11H,2-3,6,8,17H2,1H3/t10-,11-/m0/s1. The Morgan fingerprint density at radius 3 is 2.96 bits per heavy atom. The van der Waals surface area contributed by atoms with Gasteiger partial charge >= 0.3 is 0 Å². The smallest absolute Gasteiger partial charge is 0.255 e. The fourth-order valence-corrected chi connectivity index (χ4v) is 3.15. The van der Waals surface area contributed by atoms with Crippen LogP contribution in [-0.4, -0.2) is 50.1 Å². The molecule has 2 atom stereocenters. The first-order valence-electron chi connectivity index (χ1n) is 7.64. The van der Waals surface area contributed by atoms with Crippen LogP contribution in [0, 0.1) is 5.92 Å². The van der Waals surface area contributed by atoms with Gasteiger partial charge in [0.05, 0.1) is 16.3 Å². The summed E-state index contributed by atoms with van der Waals surface area (Å²) in [7, 11) is 0. The maximum atomic E-state index is 12.7. The van der Waals surface area contributed by atoms with Gasteiger partial charge in [-0.3, -0.25) is 4.79 Å². The first-order chi connectivity index (χ1) is 11.1. The Labute approximate surface area is 139 Å². The largest absolute Gasteiger partial charge is 0.338 e. The van der Waals surface area contributed by atoms with Gasteiger partial charge < -0.3 is 10.6 Å². The minimum absolute atomic E-state index is 0.0522. The number of tetrazole rings is 1. The molecular weight excluding hydrogens is 316 g/mol. The molecule has 0 spiro atoms. The third-order valence-corrected chi connectivity index (χ3v) is 4.60. The van der Waals surface area contributed by atoms with Crippen molar-refractivity contribution < 1.29 is 4.79 Å². The molecule has 0 radical (unpaired) electrons. The van der Waals surface area contributed by atoms with E-state index in [9.17, 15) is 4.79 Å². The number of carbonyl (C=O) groups excluding carboxylic acids is 1. The van der Waals surface area contributed by atoms with Crippen molar-refractivity contribution in [3.8, 4) is 5.69 Å². The van der Waals surface area contributed by atoms with Gasteiger partial charge in [0.1, 0.15) is 6.33 Å². The molecule has 23 heavy (non-hydrogen) atoms. The molecule has 0 saturated carbocycles. The summed E-state index contributed by atoms with van der Waals surface area (Å²) in [5.41, 5.74) is 7.19. The monoisotopic (exact) mass is 334 g/mol. The number of halogens is 1. The second-order valence-electron chi connectivity index (χ2n) is 5.93. The first-order valence-corrected chi connectivity index (χ1v) is 8.02. The van der Waals surface area contributed by atoms with Gasteiger partial charge in [-0.25, -0.2) is 4.68 Å². The number of hydrogen-bond donors (Lipinski definition) is 1. The summed E-state index contributed by atoms with van der Waals surface area (Å²) >= 11 is 6.31. The van der Waals surface area contributed by atoms with Crippen LogP contribution < -0.4 is 5.73 Å². The summed E-state index contributed by atoms with van der Waals surface area (Å²) in [4.78, 5) is 14.6. The van der Waals surface area contributed by atoms with E-state index in [0.29, 0.717) is 28.7 Å². The molecule has 0 aliphatic carbocycles. The molecule has 1 amide bonds. The van der Waals surface area contributed by atoms with Crippen LogP contribution in [0.25, 0.3) is 5.69 Å². The Morgan fingerprint density at radius 1 is 1.48 bits per heavy atom. The molecule has 7 nitrogen and oxygen atoms in total. The summed E-state index contributed by atoms with van der Waals surface area (Å²) in [6.45, 7) is 3.42. The highest BCUT2D eigenvalue weighted by molar-refractivity contribution is 6.34. The fourth-order valence-electron chi connectivity index (χ4n) is 2.89. The lowest BCUT2D eigenvalue weighted by Crippen LogP contribution is -2.45. The minimum Gasteiger partial charge on any atom is -0.338 e. The summed E-state index contributed by atoms with van der Waals surface area (Å²) in [5.74, 6) is 0.288. The number of rotatable bonds is 3. The summed E-state index contributed by atoms with van der Waals surface area (Å²) in [5, 5.41) is 11.4. The van der Waals surface area contributed by atoms with Crippen LogP contribution >= 0.6 is 11.6 Å². The number of amides is 1. The fraction of sp³-hybridized carbons (Fsp3) is 0.467. The van der Waals surface area contributed by atoms with E-state index >= 15 is 0 Å². The molecule has 2 aromatic rings. The van der Waals surface area contributed by atoms with Crippen molar-refractivity contribution in [1.82, 2.24) is 25.1 Å². The van der Waals surface area contributed by atoms with Crippen molar-refractivity contribution in [3.63, 3.8) is 0 Å². The van der Waals surface area contributed by atoms with Gasteiger partial charge in [-0.15, -0.1) is 5.10 Å². The van der Waals surface area contributed by atoms with Crippen LogP contribution in [0.15, 0.2) is 24.5 Å². The van der Waals surface area contributed by atoms with Crippen molar-refractivity contribution in [2.45, 2.75) is 25.8 Å². The first kappa shape index (κ1) is 15.9. The van der Waals surface area contributed by atoms with Gasteiger partial charge in [0.15, 0.2) is 0 Å². The average molecular weight is 335 g/mol. The zero-order chi connectivity index (χ0) is 16.4. The molecule has 2 N–H and O–H groups in total. The highest BCUT2D eigenvalue weighted by atomic mass is 35.5. The van der Waals surface area contributed by atoms with Crippen molar-refractivity contribution in [2.75, 3.05) is 13.1 Å². The van der Waals surface area contributed by atoms with E-state index in [2.05, 4.69) is 15.5 Å². The SMILES string of the molecule is C[C@H](N)[C@H]1CCCN(C(=O)c2ccc(-n3cnnn3)cc2Cl)C1. The second kappa shape index (κ2) is 6.64. The zero-order valence-corrected chi connectivity index (χ0v) is 13.6. The number of nitrogens with zero attached hydrogens (tertiary/aromatic N) is 5. The molecule has 1 fully saturated rings. The number of piperidine rings is 1. The molecule has 122 valence electrons. The van der Waals surface area contributed by atoms with Crippen LogP contribution in [0.5, 0.6) is 0 Å². The molecule has 1 aromatic carbocycles. The molecule has 3 rings (SSSR count). The third kappa shape index (κ3) is 3.35. The lowest BCUT2D eigenvalue weighted by atomic mass is 9.92. The highest BCUT2D eigenvalue weighted by Gasteiger charge is 2.27. The molecule has 1 aliphatic heterocycles. The number of benzene rings is 1. The molecule has 0 bridgehead atoms. The molecule has 1 saturated heterocycles. The Morgan fingerprint density at radius 2 is 2.30 bits per heavy atom. The van der Waals surface area contributed by atoms with Gasteiger partial charge in [0, 0.05) is 19.1 Å². The van der Waals surface area contributed by atoms with Gasteiger partial charge in [0.25, 0.3) is 5.91 Å². The lowest BCUT2D eigenvalue weighted by Gasteiger charge is -2.34. The molecule has 1 aromatic heterocycles. The predicted molar refractivity (Wildman–Crippen MR) is 86.4 cm³/mol. The maximum Gasteiger partial charge on any atom is 0.255 e. The highest BCUT2D eigenvalue weighted by Crippen LogP contribution is 2.25. The average Bonchev–Trinajstić information content (AvgIpc) is 3.08. The second-order valence-corrected chi connectivity index (χ2v) is 6.34. The molecule has 8 heteroatoms. The lowest BCUT2D eigenvalue weighted by molar-refractivity contribution is 0.0661. The van der Waals surface area contributed by atoms with E-state index in [-0.39, 0.29) is 11.9 Å². The molecule has 0 unspecified atom stereocenters. The normalized spacial score (nSPS) is 19.6. The van der Waals surface area contributed by atoms with Gasteiger partial charge in [-0.1, -0.05) is 11.6 Å². The summed E-state index contributed by atoms with van der Waals surface area (Å²) in [6.07, 6.45) is 3.51. The quantitative estimate of drug-likeness (QED) is 0.919. The zero-order valence-electron chi connectivity index (χ0n) is 12.9. The van der Waals surface area contributed by atoms with Crippen LogP contribution in [0.2, 0.25) is 5.02 Å². The van der Waals surface area contributed by atoms with Crippen molar-refractivity contribution in [3.05, 3.63) is 35.1 Å². The van der Waals surface area contributed by atoms with Crippen molar-refractivity contribution in [1.29, 1.82) is 0 Å². The van der Waals surface area contributed by atoms with E-state index in [1.165, 1.54) is 11.0 Å². The van der Waals surface area contributed by atoms with Gasteiger partial charge in [-0.05, 0) is 54.3 Å². The number of carbonyl (C=O) groups is 1. The van der Waals surface area contributed by atoms with E-state index in [0.717, 1.165) is 19.4 Å².